The fourth-order valence-corrected chi connectivity index (χ4v) is 4.94. The van der Waals surface area contributed by atoms with E-state index in [-0.39, 0.29) is 15.5 Å². The molecule has 0 saturated carbocycles. The molecule has 2 aromatic carbocycles. The maximum atomic E-state index is 12.8. The normalized spacial score (nSPS) is 15.5. The van der Waals surface area contributed by atoms with E-state index in [1.54, 1.807) is 0 Å². The van der Waals surface area contributed by atoms with Gasteiger partial charge in [-0.2, -0.15) is 4.31 Å². The number of amides is 1. The summed E-state index contributed by atoms with van der Waals surface area (Å²) in [5.41, 5.74) is 2.24. The highest BCUT2D eigenvalue weighted by Gasteiger charge is 2.27. The summed E-state index contributed by atoms with van der Waals surface area (Å²) in [6.07, 6.45) is 2.76. The van der Waals surface area contributed by atoms with Gasteiger partial charge in [-0.3, -0.25) is 4.79 Å². The Hall–Kier alpha value is -1.89. The summed E-state index contributed by atoms with van der Waals surface area (Å²) >= 11 is 6.16. The molecule has 1 amide bonds. The van der Waals surface area contributed by atoms with Crippen LogP contribution in [0.1, 0.15) is 40.7 Å². The molecule has 1 N–H and O–H groups in total. The molecule has 3 rings (SSSR count). The third kappa shape index (κ3) is 4.69. The van der Waals surface area contributed by atoms with E-state index < -0.39 is 15.9 Å². The van der Waals surface area contributed by atoms with Crippen LogP contribution in [0.25, 0.3) is 0 Å². The second kappa shape index (κ2) is 8.42. The van der Waals surface area contributed by atoms with Gasteiger partial charge in [0.15, 0.2) is 0 Å². The van der Waals surface area contributed by atoms with Gasteiger partial charge in [0.25, 0.3) is 5.91 Å². The van der Waals surface area contributed by atoms with Gasteiger partial charge in [0.1, 0.15) is 0 Å². The molecule has 144 valence electrons. The number of hydrogen-bond donors (Lipinski definition) is 1. The van der Waals surface area contributed by atoms with Crippen LogP contribution in [0.5, 0.6) is 0 Å². The Labute approximate surface area is 165 Å². The molecule has 1 heterocycles. The smallest absolute Gasteiger partial charge is 0.253 e. The van der Waals surface area contributed by atoms with Gasteiger partial charge in [-0.05, 0) is 43.5 Å². The second-order valence-electron chi connectivity index (χ2n) is 6.78. The highest BCUT2D eigenvalue weighted by molar-refractivity contribution is 7.89. The molecule has 0 radical (unpaired) electrons. The fourth-order valence-electron chi connectivity index (χ4n) is 3.19. The Morgan fingerprint density at radius 2 is 1.85 bits per heavy atom. The predicted molar refractivity (Wildman–Crippen MR) is 106 cm³/mol. The SMILES string of the molecule is Cc1cccc(CNC(=O)c2cc(S(=O)(=O)N3CCCCC3)ccc2Cl)c1. The number of halogens is 1. The van der Waals surface area contributed by atoms with E-state index in [0.29, 0.717) is 19.6 Å². The van der Waals surface area contributed by atoms with Crippen molar-refractivity contribution in [1.82, 2.24) is 9.62 Å². The zero-order valence-electron chi connectivity index (χ0n) is 15.2. The third-order valence-corrected chi connectivity index (χ3v) is 6.90. The van der Waals surface area contributed by atoms with Gasteiger partial charge in [-0.25, -0.2) is 8.42 Å². The summed E-state index contributed by atoms with van der Waals surface area (Å²) in [5.74, 6) is -0.391. The summed E-state index contributed by atoms with van der Waals surface area (Å²) in [6, 6.07) is 12.1. The first kappa shape index (κ1) is 19.9. The van der Waals surface area contributed by atoms with Crippen molar-refractivity contribution >= 4 is 27.5 Å². The van der Waals surface area contributed by atoms with Crippen molar-refractivity contribution in [3.63, 3.8) is 0 Å². The number of nitrogens with zero attached hydrogens (tertiary/aromatic N) is 1. The van der Waals surface area contributed by atoms with Crippen LogP contribution >= 0.6 is 11.6 Å². The number of carbonyl (C=O) groups excluding carboxylic acids is 1. The van der Waals surface area contributed by atoms with Gasteiger partial charge < -0.3 is 5.32 Å². The molecule has 0 aromatic heterocycles. The van der Waals surface area contributed by atoms with Crippen molar-refractivity contribution in [2.75, 3.05) is 13.1 Å². The monoisotopic (exact) mass is 406 g/mol. The lowest BCUT2D eigenvalue weighted by molar-refractivity contribution is 0.0951. The molecule has 5 nitrogen and oxygen atoms in total. The number of benzene rings is 2. The average Bonchev–Trinajstić information content (AvgIpc) is 2.67. The zero-order chi connectivity index (χ0) is 19.4. The van der Waals surface area contributed by atoms with Gasteiger partial charge in [0.2, 0.25) is 10.0 Å². The highest BCUT2D eigenvalue weighted by Crippen LogP contribution is 2.25. The quantitative estimate of drug-likeness (QED) is 0.822. The minimum absolute atomic E-state index is 0.106. The van der Waals surface area contributed by atoms with Crippen molar-refractivity contribution in [3.05, 3.63) is 64.2 Å². The topological polar surface area (TPSA) is 66.5 Å². The lowest BCUT2D eigenvalue weighted by Gasteiger charge is -2.26. The van der Waals surface area contributed by atoms with Crippen molar-refractivity contribution in [2.24, 2.45) is 0 Å². The third-order valence-electron chi connectivity index (χ3n) is 4.67. The summed E-state index contributed by atoms with van der Waals surface area (Å²) < 4.78 is 27.2. The van der Waals surface area contributed by atoms with Crippen LogP contribution < -0.4 is 5.32 Å². The maximum absolute atomic E-state index is 12.8. The zero-order valence-corrected chi connectivity index (χ0v) is 16.8. The van der Waals surface area contributed by atoms with E-state index in [4.69, 9.17) is 11.6 Å². The summed E-state index contributed by atoms with van der Waals surface area (Å²) in [5, 5.41) is 3.04. The van der Waals surface area contributed by atoms with Crippen LogP contribution in [0.4, 0.5) is 0 Å². The largest absolute Gasteiger partial charge is 0.348 e. The lowest BCUT2D eigenvalue weighted by atomic mass is 10.1. The van der Waals surface area contributed by atoms with Gasteiger partial charge in [-0.1, -0.05) is 47.9 Å². The lowest BCUT2D eigenvalue weighted by Crippen LogP contribution is -2.35. The van der Waals surface area contributed by atoms with E-state index in [9.17, 15) is 13.2 Å². The van der Waals surface area contributed by atoms with Crippen LogP contribution in [0.3, 0.4) is 0 Å². The first-order chi connectivity index (χ1) is 12.9. The van der Waals surface area contributed by atoms with Crippen molar-refractivity contribution < 1.29 is 13.2 Å². The van der Waals surface area contributed by atoms with Gasteiger partial charge in [-0.15, -0.1) is 0 Å². The number of sulfonamides is 1. The van der Waals surface area contributed by atoms with E-state index in [2.05, 4.69) is 5.32 Å². The maximum Gasteiger partial charge on any atom is 0.253 e. The first-order valence-corrected chi connectivity index (χ1v) is 10.8. The highest BCUT2D eigenvalue weighted by atomic mass is 35.5. The number of nitrogens with one attached hydrogen (secondary N) is 1. The Bertz CT molecular complexity index is 938. The van der Waals surface area contributed by atoms with E-state index in [1.165, 1.54) is 22.5 Å². The molecule has 1 fully saturated rings. The molecular weight excluding hydrogens is 384 g/mol. The molecule has 7 heteroatoms. The number of rotatable bonds is 5. The number of hydrogen-bond acceptors (Lipinski definition) is 3. The number of piperidine rings is 1. The van der Waals surface area contributed by atoms with Gasteiger partial charge in [0.05, 0.1) is 15.5 Å². The summed E-state index contributed by atoms with van der Waals surface area (Å²) in [7, 11) is -3.61. The molecule has 1 aliphatic heterocycles. The Morgan fingerprint density at radius 1 is 1.11 bits per heavy atom. The molecule has 1 saturated heterocycles. The van der Waals surface area contributed by atoms with Crippen LogP contribution in [-0.2, 0) is 16.6 Å². The number of carbonyl (C=O) groups is 1. The Kier molecular flexibility index (Phi) is 6.19. The molecule has 0 unspecified atom stereocenters. The molecule has 0 aliphatic carbocycles. The first-order valence-electron chi connectivity index (χ1n) is 9.01. The van der Waals surface area contributed by atoms with Crippen molar-refractivity contribution in [1.29, 1.82) is 0 Å². The number of aryl methyl sites for hydroxylation is 1. The van der Waals surface area contributed by atoms with E-state index in [0.717, 1.165) is 30.4 Å². The average molecular weight is 407 g/mol. The minimum atomic E-state index is -3.61. The van der Waals surface area contributed by atoms with Gasteiger partial charge >= 0.3 is 0 Å². The molecule has 0 spiro atoms. The van der Waals surface area contributed by atoms with Crippen LogP contribution in [0, 0.1) is 6.92 Å². The molecule has 0 bridgehead atoms. The van der Waals surface area contributed by atoms with Crippen LogP contribution in [0.2, 0.25) is 5.02 Å². The summed E-state index contributed by atoms with van der Waals surface area (Å²) in [6.45, 7) is 3.36. The van der Waals surface area contributed by atoms with Crippen molar-refractivity contribution in [2.45, 2.75) is 37.6 Å². The molecule has 1 aliphatic rings. The second-order valence-corrected chi connectivity index (χ2v) is 9.12. The van der Waals surface area contributed by atoms with E-state index >= 15 is 0 Å². The molecule has 2 aromatic rings. The predicted octanol–water partition coefficient (Wildman–Crippen LogP) is 3.75. The Balaban J connectivity index is 1.79. The van der Waals surface area contributed by atoms with Crippen LogP contribution in [-0.4, -0.2) is 31.7 Å². The molecular formula is C20H23ClN2O3S. The summed E-state index contributed by atoms with van der Waals surface area (Å²) in [4.78, 5) is 12.7. The van der Waals surface area contributed by atoms with Crippen LogP contribution in [0.15, 0.2) is 47.4 Å². The Morgan fingerprint density at radius 3 is 2.56 bits per heavy atom. The van der Waals surface area contributed by atoms with Crippen molar-refractivity contribution in [3.8, 4) is 0 Å². The standard InChI is InChI=1S/C20H23ClN2O3S/c1-15-6-5-7-16(12-15)14-22-20(24)18-13-17(8-9-19(18)21)27(25,26)23-10-3-2-4-11-23/h5-9,12-13H,2-4,10-11,14H2,1H3,(H,22,24). The van der Waals surface area contributed by atoms with Gasteiger partial charge in [0, 0.05) is 19.6 Å². The molecule has 0 atom stereocenters. The van der Waals surface area contributed by atoms with E-state index in [1.807, 2.05) is 31.2 Å². The molecule has 27 heavy (non-hydrogen) atoms. The fraction of sp³-hybridized carbons (Fsp3) is 0.350. The minimum Gasteiger partial charge on any atom is -0.348 e.